The summed E-state index contributed by atoms with van der Waals surface area (Å²) in [6, 6.07) is 0. The minimum atomic E-state index is -0.658. The van der Waals surface area contributed by atoms with Gasteiger partial charge in [0.1, 0.15) is 0 Å². The van der Waals surface area contributed by atoms with Crippen molar-refractivity contribution in [2.75, 3.05) is 13.2 Å². The Morgan fingerprint density at radius 1 is 1.07 bits per heavy atom. The molecule has 0 saturated carbocycles. The van der Waals surface area contributed by atoms with Crippen molar-refractivity contribution < 1.29 is 19.1 Å². The first-order chi connectivity index (χ1) is 7.20. The van der Waals surface area contributed by atoms with Gasteiger partial charge in [0.25, 0.3) is 0 Å². The lowest BCUT2D eigenvalue weighted by atomic mass is 10.3. The van der Waals surface area contributed by atoms with Crippen LogP contribution in [0.3, 0.4) is 0 Å². The van der Waals surface area contributed by atoms with E-state index in [-0.39, 0.29) is 24.6 Å². The van der Waals surface area contributed by atoms with Crippen molar-refractivity contribution >= 4 is 23.7 Å². The number of nitrogens with zero attached hydrogens (tertiary/aromatic N) is 2. The number of esters is 2. The molecule has 0 N–H and O–H groups in total. The first-order valence-corrected chi connectivity index (χ1v) is 5.10. The number of rotatable bonds is 4. The van der Waals surface area contributed by atoms with Gasteiger partial charge >= 0.3 is 11.9 Å². The monoisotopic (exact) mass is 230 g/mol. The third-order valence-electron chi connectivity index (χ3n) is 1.43. The lowest BCUT2D eigenvalue weighted by Crippen LogP contribution is -2.13. The fraction of sp³-hybridized carbons (Fsp3) is 0.500. The number of carbonyl (C=O) groups excluding carboxylic acids is 2. The molecule has 7 heteroatoms. The van der Waals surface area contributed by atoms with Crippen LogP contribution in [0.4, 0.5) is 0 Å². The second-order valence-corrected chi connectivity index (χ2v) is 2.93. The van der Waals surface area contributed by atoms with E-state index < -0.39 is 11.9 Å². The summed E-state index contributed by atoms with van der Waals surface area (Å²) in [5, 5.41) is 0. The minimum absolute atomic E-state index is 0.0831. The Labute approximate surface area is 90.5 Å². The Morgan fingerprint density at radius 3 is 1.80 bits per heavy atom. The van der Waals surface area contributed by atoms with E-state index in [1.807, 2.05) is 0 Å². The Bertz CT molecular complexity index is 331. The van der Waals surface area contributed by atoms with Crippen molar-refractivity contribution in [3.8, 4) is 0 Å². The maximum atomic E-state index is 11.3. The van der Waals surface area contributed by atoms with Crippen molar-refractivity contribution in [1.29, 1.82) is 0 Å². The molecule has 1 aromatic heterocycles. The highest BCUT2D eigenvalue weighted by Gasteiger charge is 2.24. The summed E-state index contributed by atoms with van der Waals surface area (Å²) in [5.74, 6) is -1.32. The molecule has 82 valence electrons. The van der Waals surface area contributed by atoms with Gasteiger partial charge in [-0.2, -0.15) is 8.75 Å². The van der Waals surface area contributed by atoms with E-state index in [1.54, 1.807) is 13.8 Å². The van der Waals surface area contributed by atoms with Gasteiger partial charge in [-0.1, -0.05) is 0 Å². The fourth-order valence-electron chi connectivity index (χ4n) is 0.855. The van der Waals surface area contributed by atoms with Crippen LogP contribution in [-0.2, 0) is 9.47 Å². The van der Waals surface area contributed by atoms with E-state index in [1.165, 1.54) is 0 Å². The summed E-state index contributed by atoms with van der Waals surface area (Å²) in [4.78, 5) is 22.6. The van der Waals surface area contributed by atoms with E-state index in [0.717, 1.165) is 11.7 Å². The maximum Gasteiger partial charge on any atom is 0.360 e. The molecule has 0 radical (unpaired) electrons. The van der Waals surface area contributed by atoms with Gasteiger partial charge in [0.15, 0.2) is 11.4 Å². The van der Waals surface area contributed by atoms with Crippen molar-refractivity contribution in [3.63, 3.8) is 0 Å². The van der Waals surface area contributed by atoms with Crippen LogP contribution in [0, 0.1) is 0 Å². The molecule has 0 aliphatic heterocycles. The summed E-state index contributed by atoms with van der Waals surface area (Å²) in [5.41, 5.74) is -0.166. The third-order valence-corrected chi connectivity index (χ3v) is 1.95. The molecule has 0 atom stereocenters. The molecule has 0 fully saturated rings. The van der Waals surface area contributed by atoms with Crippen LogP contribution < -0.4 is 0 Å². The molecule has 0 aliphatic rings. The van der Waals surface area contributed by atoms with Gasteiger partial charge in [0, 0.05) is 0 Å². The van der Waals surface area contributed by atoms with E-state index in [4.69, 9.17) is 9.47 Å². The highest BCUT2D eigenvalue weighted by Crippen LogP contribution is 2.09. The predicted octanol–water partition coefficient (Wildman–Crippen LogP) is 0.892. The number of ether oxygens (including phenoxy) is 2. The molecule has 0 aromatic carbocycles. The molecule has 0 bridgehead atoms. The van der Waals surface area contributed by atoms with Gasteiger partial charge in [0.2, 0.25) is 0 Å². The highest BCUT2D eigenvalue weighted by atomic mass is 32.1. The topological polar surface area (TPSA) is 78.4 Å². The molecule has 0 amide bonds. The molecule has 0 unspecified atom stereocenters. The van der Waals surface area contributed by atoms with E-state index in [2.05, 4.69) is 8.75 Å². The molecule has 0 saturated heterocycles. The second-order valence-electron chi connectivity index (χ2n) is 2.40. The van der Waals surface area contributed by atoms with Crippen LogP contribution in [-0.4, -0.2) is 33.9 Å². The standard InChI is InChI=1S/C8H10N2O4S/c1-3-13-7(11)5-6(10-15-9-5)8(12)14-4-2/h3-4H2,1-2H3. The minimum Gasteiger partial charge on any atom is -0.461 e. The van der Waals surface area contributed by atoms with Crippen LogP contribution in [0.2, 0.25) is 0 Å². The van der Waals surface area contributed by atoms with Crippen molar-refractivity contribution in [1.82, 2.24) is 8.75 Å². The molecule has 1 heterocycles. The van der Waals surface area contributed by atoms with Gasteiger partial charge in [-0.05, 0) is 13.8 Å². The number of hydrogen-bond donors (Lipinski definition) is 0. The van der Waals surface area contributed by atoms with Crippen LogP contribution in [0.15, 0.2) is 0 Å². The Morgan fingerprint density at radius 2 is 1.47 bits per heavy atom. The van der Waals surface area contributed by atoms with E-state index >= 15 is 0 Å². The number of hydrogen-bond acceptors (Lipinski definition) is 7. The zero-order valence-electron chi connectivity index (χ0n) is 8.35. The van der Waals surface area contributed by atoms with Gasteiger partial charge in [-0.3, -0.25) is 0 Å². The Kier molecular flexibility index (Phi) is 4.17. The summed E-state index contributed by atoms with van der Waals surface area (Å²) < 4.78 is 16.8. The Hall–Kier alpha value is -1.50. The van der Waals surface area contributed by atoms with Crippen LogP contribution in [0.1, 0.15) is 34.8 Å². The lowest BCUT2D eigenvalue weighted by molar-refractivity contribution is 0.0471. The lowest BCUT2D eigenvalue weighted by Gasteiger charge is -2.00. The summed E-state index contributed by atoms with van der Waals surface area (Å²) >= 11 is 0.773. The zero-order valence-corrected chi connectivity index (χ0v) is 9.17. The molecular weight excluding hydrogens is 220 g/mol. The molecular formula is C8H10N2O4S. The second kappa shape index (κ2) is 5.40. The van der Waals surface area contributed by atoms with Crippen molar-refractivity contribution in [2.45, 2.75) is 13.8 Å². The largest absolute Gasteiger partial charge is 0.461 e. The maximum absolute atomic E-state index is 11.3. The van der Waals surface area contributed by atoms with Crippen molar-refractivity contribution in [3.05, 3.63) is 11.4 Å². The highest BCUT2D eigenvalue weighted by molar-refractivity contribution is 6.99. The fourth-order valence-corrected chi connectivity index (χ4v) is 1.38. The zero-order chi connectivity index (χ0) is 11.3. The molecule has 0 aliphatic carbocycles. The van der Waals surface area contributed by atoms with Crippen molar-refractivity contribution in [2.24, 2.45) is 0 Å². The van der Waals surface area contributed by atoms with Crippen LogP contribution >= 0.6 is 11.7 Å². The van der Waals surface area contributed by atoms with Gasteiger partial charge in [-0.25, -0.2) is 9.59 Å². The first kappa shape index (κ1) is 11.6. The number of aromatic nitrogens is 2. The Balaban J connectivity index is 2.86. The van der Waals surface area contributed by atoms with E-state index in [0.29, 0.717) is 0 Å². The summed E-state index contributed by atoms with van der Waals surface area (Å²) in [6.07, 6.45) is 0. The molecule has 1 rings (SSSR count). The average Bonchev–Trinajstić information content (AvgIpc) is 2.66. The predicted molar refractivity (Wildman–Crippen MR) is 51.8 cm³/mol. The van der Waals surface area contributed by atoms with Gasteiger partial charge in [0.05, 0.1) is 24.9 Å². The summed E-state index contributed by atoms with van der Waals surface area (Å²) in [6.45, 7) is 3.78. The SMILES string of the molecule is CCOC(=O)c1nsnc1C(=O)OCC. The quantitative estimate of drug-likeness (QED) is 0.715. The molecule has 15 heavy (non-hydrogen) atoms. The first-order valence-electron chi connectivity index (χ1n) is 4.37. The van der Waals surface area contributed by atoms with E-state index in [9.17, 15) is 9.59 Å². The normalized spacial score (nSPS) is 9.73. The third kappa shape index (κ3) is 2.72. The molecule has 1 aromatic rings. The van der Waals surface area contributed by atoms with Gasteiger partial charge in [-0.15, -0.1) is 0 Å². The smallest absolute Gasteiger partial charge is 0.360 e. The molecule has 0 spiro atoms. The van der Waals surface area contributed by atoms with Gasteiger partial charge < -0.3 is 9.47 Å². The summed E-state index contributed by atoms with van der Waals surface area (Å²) in [7, 11) is 0. The molecule has 6 nitrogen and oxygen atoms in total. The van der Waals surface area contributed by atoms with Crippen LogP contribution in [0.5, 0.6) is 0 Å². The van der Waals surface area contributed by atoms with Crippen LogP contribution in [0.25, 0.3) is 0 Å². The number of carbonyl (C=O) groups is 2. The average molecular weight is 230 g/mol.